The normalized spacial score (nSPS) is 8.75. The molecule has 0 aromatic heterocycles. The summed E-state index contributed by atoms with van der Waals surface area (Å²) in [6.45, 7) is 0. The van der Waals surface area contributed by atoms with Crippen LogP contribution in [0.15, 0.2) is 18.2 Å². The Labute approximate surface area is 72.0 Å². The van der Waals surface area contributed by atoms with Gasteiger partial charge in [-0.1, -0.05) is 0 Å². The largest absolute Gasteiger partial charge is 0.386 e. The second kappa shape index (κ2) is 3.63. The van der Waals surface area contributed by atoms with Gasteiger partial charge in [-0.25, -0.2) is 0 Å². The van der Waals surface area contributed by atoms with Crippen molar-refractivity contribution in [1.29, 1.82) is 5.26 Å². The van der Waals surface area contributed by atoms with E-state index >= 15 is 0 Å². The summed E-state index contributed by atoms with van der Waals surface area (Å²) >= 11 is 0. The van der Waals surface area contributed by atoms with Crippen LogP contribution in [0, 0.1) is 11.3 Å². The van der Waals surface area contributed by atoms with Crippen LogP contribution in [0.25, 0.3) is 0 Å². The Morgan fingerprint density at radius 1 is 1.17 bits per heavy atom. The van der Waals surface area contributed by atoms with E-state index in [-0.39, 0.29) is 0 Å². The molecular formula is C9H11N3. The third-order valence-electron chi connectivity index (χ3n) is 1.69. The highest BCUT2D eigenvalue weighted by atomic mass is 14.9. The van der Waals surface area contributed by atoms with Gasteiger partial charge in [0, 0.05) is 14.1 Å². The molecule has 0 aliphatic heterocycles. The minimum atomic E-state index is 0.665. The SMILES string of the molecule is CNc1ccc(C#N)cc1NC. The van der Waals surface area contributed by atoms with Crippen LogP contribution in [0.2, 0.25) is 0 Å². The molecule has 62 valence electrons. The Kier molecular flexibility index (Phi) is 2.54. The van der Waals surface area contributed by atoms with Crippen molar-refractivity contribution >= 4 is 11.4 Å². The fourth-order valence-corrected chi connectivity index (χ4v) is 1.04. The first-order valence-electron chi connectivity index (χ1n) is 3.71. The van der Waals surface area contributed by atoms with Crippen molar-refractivity contribution < 1.29 is 0 Å². The Morgan fingerprint density at radius 3 is 2.33 bits per heavy atom. The Hall–Kier alpha value is -1.69. The van der Waals surface area contributed by atoms with E-state index < -0.39 is 0 Å². The Bertz CT molecular complexity index is 312. The van der Waals surface area contributed by atoms with Gasteiger partial charge in [-0.3, -0.25) is 0 Å². The number of nitrogens with zero attached hydrogens (tertiary/aromatic N) is 1. The molecule has 3 nitrogen and oxygen atoms in total. The van der Waals surface area contributed by atoms with E-state index in [0.717, 1.165) is 11.4 Å². The standard InChI is InChI=1S/C9H11N3/c1-11-8-4-3-7(6-10)5-9(8)12-2/h3-5,11-12H,1-2H3. The highest BCUT2D eigenvalue weighted by Gasteiger charge is 1.98. The summed E-state index contributed by atoms with van der Waals surface area (Å²) in [6.07, 6.45) is 0. The zero-order chi connectivity index (χ0) is 8.97. The monoisotopic (exact) mass is 161 g/mol. The maximum Gasteiger partial charge on any atom is 0.0992 e. The van der Waals surface area contributed by atoms with Gasteiger partial charge in [-0.15, -0.1) is 0 Å². The van der Waals surface area contributed by atoms with E-state index in [1.165, 1.54) is 0 Å². The van der Waals surface area contributed by atoms with Crippen molar-refractivity contribution in [2.24, 2.45) is 0 Å². The summed E-state index contributed by atoms with van der Waals surface area (Å²) in [6, 6.07) is 7.56. The van der Waals surface area contributed by atoms with Gasteiger partial charge in [0.15, 0.2) is 0 Å². The molecule has 0 radical (unpaired) electrons. The molecule has 0 saturated heterocycles. The number of nitriles is 1. The van der Waals surface area contributed by atoms with Crippen LogP contribution >= 0.6 is 0 Å². The second-order valence-corrected chi connectivity index (χ2v) is 2.37. The number of anilines is 2. The van der Waals surface area contributed by atoms with E-state index in [4.69, 9.17) is 5.26 Å². The maximum absolute atomic E-state index is 8.62. The molecule has 2 N–H and O–H groups in total. The van der Waals surface area contributed by atoms with Gasteiger partial charge in [0.05, 0.1) is 23.0 Å². The summed E-state index contributed by atoms with van der Waals surface area (Å²) in [7, 11) is 3.68. The molecule has 3 heteroatoms. The van der Waals surface area contributed by atoms with Gasteiger partial charge in [0.1, 0.15) is 0 Å². The topological polar surface area (TPSA) is 47.9 Å². The van der Waals surface area contributed by atoms with Crippen LogP contribution in [0.3, 0.4) is 0 Å². The van der Waals surface area contributed by atoms with Gasteiger partial charge in [0.25, 0.3) is 0 Å². The van der Waals surface area contributed by atoms with E-state index in [2.05, 4.69) is 16.7 Å². The van der Waals surface area contributed by atoms with E-state index in [1.807, 2.05) is 26.2 Å². The van der Waals surface area contributed by atoms with E-state index in [0.29, 0.717) is 5.56 Å². The predicted octanol–water partition coefficient (Wildman–Crippen LogP) is 1.64. The molecule has 0 unspecified atom stereocenters. The quantitative estimate of drug-likeness (QED) is 0.693. The minimum Gasteiger partial charge on any atom is -0.386 e. The van der Waals surface area contributed by atoms with Gasteiger partial charge in [0.2, 0.25) is 0 Å². The zero-order valence-corrected chi connectivity index (χ0v) is 7.18. The molecule has 1 aromatic carbocycles. The van der Waals surface area contributed by atoms with E-state index in [9.17, 15) is 0 Å². The predicted molar refractivity (Wildman–Crippen MR) is 50.3 cm³/mol. The first kappa shape index (κ1) is 8.41. The lowest BCUT2D eigenvalue weighted by atomic mass is 10.2. The lowest BCUT2D eigenvalue weighted by molar-refractivity contribution is 1.42. The molecule has 0 bridgehead atoms. The molecule has 0 aliphatic rings. The molecule has 0 atom stereocenters. The Morgan fingerprint density at radius 2 is 1.83 bits per heavy atom. The molecule has 1 rings (SSSR count). The van der Waals surface area contributed by atoms with Gasteiger partial charge >= 0.3 is 0 Å². The summed E-state index contributed by atoms with van der Waals surface area (Å²) in [5.41, 5.74) is 2.60. The van der Waals surface area contributed by atoms with Crippen molar-refractivity contribution in [2.75, 3.05) is 24.7 Å². The average Bonchev–Trinajstić information content (AvgIpc) is 2.16. The first-order valence-corrected chi connectivity index (χ1v) is 3.71. The molecule has 0 aliphatic carbocycles. The number of benzene rings is 1. The minimum absolute atomic E-state index is 0.665. The van der Waals surface area contributed by atoms with Crippen molar-refractivity contribution in [3.05, 3.63) is 23.8 Å². The van der Waals surface area contributed by atoms with Crippen LogP contribution < -0.4 is 10.6 Å². The van der Waals surface area contributed by atoms with Crippen molar-refractivity contribution in [2.45, 2.75) is 0 Å². The summed E-state index contributed by atoms with van der Waals surface area (Å²) in [5.74, 6) is 0. The third kappa shape index (κ3) is 1.48. The molecular weight excluding hydrogens is 150 g/mol. The molecule has 12 heavy (non-hydrogen) atoms. The van der Waals surface area contributed by atoms with Crippen molar-refractivity contribution in [1.82, 2.24) is 0 Å². The highest BCUT2D eigenvalue weighted by molar-refractivity contribution is 5.70. The molecule has 0 saturated carbocycles. The maximum atomic E-state index is 8.62. The highest BCUT2D eigenvalue weighted by Crippen LogP contribution is 2.21. The molecule has 0 heterocycles. The first-order chi connectivity index (χ1) is 5.81. The fraction of sp³-hybridized carbons (Fsp3) is 0.222. The number of hydrogen-bond donors (Lipinski definition) is 2. The molecule has 1 aromatic rings. The molecule has 0 fully saturated rings. The zero-order valence-electron chi connectivity index (χ0n) is 7.18. The second-order valence-electron chi connectivity index (χ2n) is 2.37. The Balaban J connectivity index is 3.13. The average molecular weight is 161 g/mol. The van der Waals surface area contributed by atoms with Gasteiger partial charge in [-0.2, -0.15) is 5.26 Å². The lowest BCUT2D eigenvalue weighted by Crippen LogP contribution is -1.96. The van der Waals surface area contributed by atoms with Crippen LogP contribution in [0.5, 0.6) is 0 Å². The summed E-state index contributed by atoms with van der Waals surface area (Å²) in [5, 5.41) is 14.7. The van der Waals surface area contributed by atoms with Crippen molar-refractivity contribution in [3.63, 3.8) is 0 Å². The van der Waals surface area contributed by atoms with Crippen LogP contribution in [0.4, 0.5) is 11.4 Å². The molecule has 0 amide bonds. The number of hydrogen-bond acceptors (Lipinski definition) is 3. The fourth-order valence-electron chi connectivity index (χ4n) is 1.04. The number of rotatable bonds is 2. The number of nitrogens with one attached hydrogen (secondary N) is 2. The van der Waals surface area contributed by atoms with Crippen LogP contribution in [0.1, 0.15) is 5.56 Å². The van der Waals surface area contributed by atoms with Crippen LogP contribution in [-0.4, -0.2) is 14.1 Å². The third-order valence-corrected chi connectivity index (χ3v) is 1.69. The van der Waals surface area contributed by atoms with E-state index in [1.54, 1.807) is 6.07 Å². The lowest BCUT2D eigenvalue weighted by Gasteiger charge is -2.07. The van der Waals surface area contributed by atoms with Gasteiger partial charge in [-0.05, 0) is 18.2 Å². The van der Waals surface area contributed by atoms with Crippen molar-refractivity contribution in [3.8, 4) is 6.07 Å². The smallest absolute Gasteiger partial charge is 0.0992 e. The summed E-state index contributed by atoms with van der Waals surface area (Å²) < 4.78 is 0. The summed E-state index contributed by atoms with van der Waals surface area (Å²) in [4.78, 5) is 0. The van der Waals surface area contributed by atoms with Crippen LogP contribution in [-0.2, 0) is 0 Å². The molecule has 0 spiro atoms. The van der Waals surface area contributed by atoms with Gasteiger partial charge < -0.3 is 10.6 Å².